The summed E-state index contributed by atoms with van der Waals surface area (Å²) in [5.74, 6) is 1.32. The summed E-state index contributed by atoms with van der Waals surface area (Å²) in [7, 11) is 0. The fraction of sp³-hybridized carbons (Fsp3) is 0.520. The van der Waals surface area contributed by atoms with Crippen molar-refractivity contribution in [1.29, 1.82) is 0 Å². The topological polar surface area (TPSA) is 21.7 Å². The number of aryl methyl sites for hydroxylation is 1. The number of halogens is 2. The molecular formula is C25H33ClFNO2. The molecule has 1 aliphatic heterocycles. The van der Waals surface area contributed by atoms with Crippen LogP contribution < -0.4 is 9.47 Å². The molecule has 164 valence electrons. The molecule has 30 heavy (non-hydrogen) atoms. The van der Waals surface area contributed by atoms with Crippen molar-refractivity contribution in [1.82, 2.24) is 4.90 Å². The second-order valence-electron chi connectivity index (χ2n) is 8.72. The molecule has 1 heterocycles. The molecule has 1 fully saturated rings. The van der Waals surface area contributed by atoms with E-state index in [1.807, 2.05) is 44.2 Å². The van der Waals surface area contributed by atoms with E-state index in [9.17, 15) is 4.39 Å². The van der Waals surface area contributed by atoms with Gasteiger partial charge in [-0.1, -0.05) is 17.7 Å². The lowest BCUT2D eigenvalue weighted by molar-refractivity contribution is 0.0164. The minimum absolute atomic E-state index is 0.0447. The summed E-state index contributed by atoms with van der Waals surface area (Å²) in [6, 6.07) is 12.5. The first-order chi connectivity index (χ1) is 14.3. The molecule has 1 aliphatic rings. The third kappa shape index (κ3) is 6.88. The lowest BCUT2D eigenvalue weighted by Gasteiger charge is -2.39. The van der Waals surface area contributed by atoms with Crippen LogP contribution in [0.1, 0.15) is 52.0 Å². The largest absolute Gasteiger partial charge is 0.491 e. The first-order valence-corrected chi connectivity index (χ1v) is 11.3. The molecule has 0 radical (unpaired) electrons. The van der Waals surface area contributed by atoms with E-state index >= 15 is 0 Å². The highest BCUT2D eigenvalue weighted by molar-refractivity contribution is 6.30. The minimum atomic E-state index is -0.244. The highest BCUT2D eigenvalue weighted by atomic mass is 35.5. The third-order valence-electron chi connectivity index (χ3n) is 5.65. The number of hydrogen-bond acceptors (Lipinski definition) is 3. The highest BCUT2D eigenvalue weighted by Crippen LogP contribution is 2.29. The molecule has 0 N–H and O–H groups in total. The predicted octanol–water partition coefficient (Wildman–Crippen LogP) is 6.52. The number of hydrogen-bond donors (Lipinski definition) is 0. The summed E-state index contributed by atoms with van der Waals surface area (Å²) < 4.78 is 25.6. The Morgan fingerprint density at radius 2 is 1.77 bits per heavy atom. The van der Waals surface area contributed by atoms with E-state index in [0.717, 1.165) is 68.1 Å². The number of likely N-dealkylation sites (tertiary alicyclic amines) is 1. The maximum absolute atomic E-state index is 13.5. The summed E-state index contributed by atoms with van der Waals surface area (Å²) in [4.78, 5) is 2.52. The van der Waals surface area contributed by atoms with Gasteiger partial charge in [0.25, 0.3) is 0 Å². The third-order valence-corrected chi connectivity index (χ3v) is 5.91. The molecule has 0 aliphatic carbocycles. The van der Waals surface area contributed by atoms with Crippen molar-refractivity contribution >= 4 is 11.6 Å². The van der Waals surface area contributed by atoms with Gasteiger partial charge in [0.2, 0.25) is 0 Å². The average Bonchev–Trinajstić information content (AvgIpc) is 2.69. The van der Waals surface area contributed by atoms with Crippen LogP contribution in [-0.4, -0.2) is 36.2 Å². The Balaban J connectivity index is 1.40. The van der Waals surface area contributed by atoms with E-state index in [-0.39, 0.29) is 17.5 Å². The van der Waals surface area contributed by atoms with Gasteiger partial charge in [0, 0.05) is 24.2 Å². The number of ether oxygens (including phenoxy) is 2. The quantitative estimate of drug-likeness (QED) is 0.420. The van der Waals surface area contributed by atoms with Crippen LogP contribution in [0.2, 0.25) is 5.02 Å². The molecule has 3 nitrogen and oxygen atoms in total. The second kappa shape index (κ2) is 10.5. The molecule has 0 saturated carbocycles. The number of nitrogens with zero attached hydrogens (tertiary/aromatic N) is 1. The molecule has 2 aromatic rings. The summed E-state index contributed by atoms with van der Waals surface area (Å²) in [6.07, 6.45) is 5.17. The maximum Gasteiger partial charge on any atom is 0.126 e. The lowest BCUT2D eigenvalue weighted by atomic mass is 9.93. The van der Waals surface area contributed by atoms with Crippen LogP contribution in [0.15, 0.2) is 42.5 Å². The molecule has 0 atom stereocenters. The van der Waals surface area contributed by atoms with Crippen molar-refractivity contribution in [2.45, 2.75) is 64.6 Å². The van der Waals surface area contributed by atoms with E-state index in [1.165, 1.54) is 12.1 Å². The van der Waals surface area contributed by atoms with Gasteiger partial charge >= 0.3 is 0 Å². The average molecular weight is 434 g/mol. The van der Waals surface area contributed by atoms with Gasteiger partial charge in [-0.3, -0.25) is 0 Å². The number of piperidine rings is 1. The first-order valence-electron chi connectivity index (χ1n) is 10.9. The molecule has 0 spiro atoms. The summed E-state index contributed by atoms with van der Waals surface area (Å²) in [5, 5.41) is 0.728. The highest BCUT2D eigenvalue weighted by Gasteiger charge is 2.31. The van der Waals surface area contributed by atoms with Gasteiger partial charge in [-0.25, -0.2) is 4.39 Å². The maximum atomic E-state index is 13.5. The molecule has 0 amide bonds. The Kier molecular flexibility index (Phi) is 8.01. The minimum Gasteiger partial charge on any atom is -0.491 e. The fourth-order valence-electron chi connectivity index (χ4n) is 3.89. The number of benzene rings is 2. The van der Waals surface area contributed by atoms with Gasteiger partial charge in [-0.15, -0.1) is 0 Å². The van der Waals surface area contributed by atoms with Crippen molar-refractivity contribution in [3.8, 4) is 11.5 Å². The predicted molar refractivity (Wildman–Crippen MR) is 121 cm³/mol. The molecule has 0 aromatic heterocycles. The van der Waals surface area contributed by atoms with Crippen molar-refractivity contribution in [2.75, 3.05) is 19.6 Å². The molecule has 1 saturated heterocycles. The fourth-order valence-corrected chi connectivity index (χ4v) is 4.01. The molecule has 0 unspecified atom stereocenters. The standard InChI is InChI=1S/C25H33ClFNO2/c1-19(2)29-24-18-22(27)10-7-20(24)6-4-5-15-28-16-13-25(3,14-17-28)30-23-11-8-21(26)9-12-23/h7-12,18-19H,4-6,13-17H2,1-3H3. The SMILES string of the molecule is CC(C)Oc1cc(F)ccc1CCCCN1CCC(C)(Oc2ccc(Cl)cc2)CC1. The van der Waals surface area contributed by atoms with Crippen LogP contribution in [0, 0.1) is 5.82 Å². The Morgan fingerprint density at radius 3 is 2.43 bits per heavy atom. The van der Waals surface area contributed by atoms with Crippen LogP contribution >= 0.6 is 11.6 Å². The summed E-state index contributed by atoms with van der Waals surface area (Å²) in [6.45, 7) is 9.30. The van der Waals surface area contributed by atoms with Crippen molar-refractivity contribution in [2.24, 2.45) is 0 Å². The van der Waals surface area contributed by atoms with Gasteiger partial charge in [-0.2, -0.15) is 0 Å². The first kappa shape index (κ1) is 22.9. The van der Waals surface area contributed by atoms with E-state index in [4.69, 9.17) is 21.1 Å². The van der Waals surface area contributed by atoms with Crippen molar-refractivity contribution in [3.05, 3.63) is 58.9 Å². The summed E-state index contributed by atoms with van der Waals surface area (Å²) >= 11 is 5.96. The van der Waals surface area contributed by atoms with Crippen LogP contribution in [0.5, 0.6) is 11.5 Å². The van der Waals surface area contributed by atoms with Crippen molar-refractivity contribution in [3.63, 3.8) is 0 Å². The van der Waals surface area contributed by atoms with E-state index in [0.29, 0.717) is 5.75 Å². The zero-order valence-corrected chi connectivity index (χ0v) is 19.1. The van der Waals surface area contributed by atoms with E-state index in [1.54, 1.807) is 0 Å². The smallest absolute Gasteiger partial charge is 0.126 e. The van der Waals surface area contributed by atoms with Gasteiger partial charge < -0.3 is 14.4 Å². The lowest BCUT2D eigenvalue weighted by Crippen LogP contribution is -2.46. The van der Waals surface area contributed by atoms with Gasteiger partial charge in [-0.05, 0) is 95.3 Å². The Hall–Kier alpha value is -1.78. The molecular weight excluding hydrogens is 401 g/mol. The van der Waals surface area contributed by atoms with Crippen LogP contribution in [0.25, 0.3) is 0 Å². The Morgan fingerprint density at radius 1 is 1.07 bits per heavy atom. The van der Waals surface area contributed by atoms with Crippen LogP contribution in [0.3, 0.4) is 0 Å². The van der Waals surface area contributed by atoms with Gasteiger partial charge in [0.15, 0.2) is 0 Å². The van der Waals surface area contributed by atoms with E-state index in [2.05, 4.69) is 11.8 Å². The van der Waals surface area contributed by atoms with Crippen LogP contribution in [0.4, 0.5) is 4.39 Å². The van der Waals surface area contributed by atoms with Crippen LogP contribution in [-0.2, 0) is 6.42 Å². The van der Waals surface area contributed by atoms with Gasteiger partial charge in [0.05, 0.1) is 6.10 Å². The molecule has 5 heteroatoms. The normalized spacial score (nSPS) is 16.6. The monoisotopic (exact) mass is 433 g/mol. The molecule has 2 aromatic carbocycles. The second-order valence-corrected chi connectivity index (χ2v) is 9.16. The zero-order chi connectivity index (χ0) is 21.6. The Bertz CT molecular complexity index is 801. The van der Waals surface area contributed by atoms with Crippen molar-refractivity contribution < 1.29 is 13.9 Å². The molecule has 3 rings (SSSR count). The number of unbranched alkanes of at least 4 members (excludes halogenated alkanes) is 1. The Labute approximate surface area is 185 Å². The summed E-state index contributed by atoms with van der Waals surface area (Å²) in [5.41, 5.74) is 0.967. The number of rotatable bonds is 9. The van der Waals surface area contributed by atoms with Gasteiger partial charge in [0.1, 0.15) is 22.9 Å². The zero-order valence-electron chi connectivity index (χ0n) is 18.3. The molecule has 0 bridgehead atoms. The van der Waals surface area contributed by atoms with E-state index < -0.39 is 0 Å².